The van der Waals surface area contributed by atoms with Crippen LogP contribution in [0.5, 0.6) is 0 Å². The van der Waals surface area contributed by atoms with Gasteiger partial charge in [0.15, 0.2) is 0 Å². The van der Waals surface area contributed by atoms with Crippen LogP contribution in [-0.4, -0.2) is 45.0 Å². The van der Waals surface area contributed by atoms with E-state index in [1.54, 1.807) is 0 Å². The molecule has 1 rings (SSSR count). The van der Waals surface area contributed by atoms with Gasteiger partial charge in [0.05, 0.1) is 31.4 Å². The van der Waals surface area contributed by atoms with Gasteiger partial charge in [-0.05, 0) is 0 Å². The molecule has 0 aromatic heterocycles. The van der Waals surface area contributed by atoms with Gasteiger partial charge >= 0.3 is 5.97 Å². The lowest BCUT2D eigenvalue weighted by molar-refractivity contribution is -0.142. The van der Waals surface area contributed by atoms with Crippen LogP contribution in [0.4, 0.5) is 0 Å². The first-order valence-corrected chi connectivity index (χ1v) is 5.57. The molecule has 1 fully saturated rings. The fourth-order valence-corrected chi connectivity index (χ4v) is 1.97. The lowest BCUT2D eigenvalue weighted by Gasteiger charge is -2.13. The number of hydrogen-bond acceptors (Lipinski definition) is 4. The van der Waals surface area contributed by atoms with Crippen LogP contribution in [0, 0.1) is 5.92 Å². The second-order valence-electron chi connectivity index (χ2n) is 2.98. The molecule has 0 aromatic rings. The molecular weight excluding hydrogens is 198 g/mol. The SMILES string of the molecule is CS(=O)(=O)NC1COCC1C(=O)O. The maximum atomic E-state index is 10.8. The fourth-order valence-electron chi connectivity index (χ4n) is 1.19. The largest absolute Gasteiger partial charge is 0.481 e. The number of nitrogens with one attached hydrogen (secondary N) is 1. The zero-order chi connectivity index (χ0) is 10.1. The predicted octanol–water partition coefficient (Wildman–Crippen LogP) is -1.36. The number of ether oxygens (including phenoxy) is 1. The van der Waals surface area contributed by atoms with E-state index in [0.717, 1.165) is 6.26 Å². The minimum atomic E-state index is -3.37. The lowest BCUT2D eigenvalue weighted by Crippen LogP contribution is -2.42. The van der Waals surface area contributed by atoms with Crippen molar-refractivity contribution in [2.75, 3.05) is 19.5 Å². The average molecular weight is 209 g/mol. The standard InChI is InChI=1S/C6H11NO5S/c1-13(10,11)7-5-3-12-2-4(5)6(8)9/h4-5,7H,2-3H2,1H3,(H,8,9). The molecule has 2 N–H and O–H groups in total. The Morgan fingerprint density at radius 2 is 2.15 bits per heavy atom. The summed E-state index contributed by atoms with van der Waals surface area (Å²) >= 11 is 0. The monoisotopic (exact) mass is 209 g/mol. The van der Waals surface area contributed by atoms with Crippen LogP contribution in [-0.2, 0) is 19.6 Å². The molecule has 1 heterocycles. The summed E-state index contributed by atoms with van der Waals surface area (Å²) in [6.45, 7) is 0.173. The van der Waals surface area contributed by atoms with Gasteiger partial charge in [-0.15, -0.1) is 0 Å². The summed E-state index contributed by atoms with van der Waals surface area (Å²) in [6.07, 6.45) is 0.990. The van der Waals surface area contributed by atoms with Gasteiger partial charge in [-0.3, -0.25) is 4.79 Å². The maximum Gasteiger partial charge on any atom is 0.310 e. The number of carboxylic acid groups (broad SMARTS) is 1. The van der Waals surface area contributed by atoms with Gasteiger partial charge in [0, 0.05) is 0 Å². The van der Waals surface area contributed by atoms with Gasteiger partial charge in [-0.25, -0.2) is 13.1 Å². The van der Waals surface area contributed by atoms with E-state index in [9.17, 15) is 13.2 Å². The molecule has 6 nitrogen and oxygen atoms in total. The van der Waals surface area contributed by atoms with Crippen molar-refractivity contribution in [1.82, 2.24) is 4.72 Å². The highest BCUT2D eigenvalue weighted by atomic mass is 32.2. The Morgan fingerprint density at radius 3 is 2.62 bits per heavy atom. The molecule has 76 valence electrons. The van der Waals surface area contributed by atoms with Crippen molar-refractivity contribution in [3.05, 3.63) is 0 Å². The van der Waals surface area contributed by atoms with Gasteiger partial charge in [0.25, 0.3) is 0 Å². The number of rotatable bonds is 3. The van der Waals surface area contributed by atoms with E-state index in [0.29, 0.717) is 0 Å². The molecule has 2 atom stereocenters. The summed E-state index contributed by atoms with van der Waals surface area (Å²) in [5.74, 6) is -1.83. The van der Waals surface area contributed by atoms with E-state index in [4.69, 9.17) is 9.84 Å². The number of aliphatic carboxylic acids is 1. The van der Waals surface area contributed by atoms with Crippen molar-refractivity contribution in [2.45, 2.75) is 6.04 Å². The molecule has 7 heteroatoms. The van der Waals surface area contributed by atoms with Crippen LogP contribution in [0.25, 0.3) is 0 Å². The van der Waals surface area contributed by atoms with Crippen LogP contribution < -0.4 is 4.72 Å². The molecule has 2 unspecified atom stereocenters. The molecule has 0 spiro atoms. The Kier molecular flexibility index (Phi) is 2.89. The number of carboxylic acids is 1. The molecule has 0 amide bonds. The van der Waals surface area contributed by atoms with E-state index in [2.05, 4.69) is 4.72 Å². The summed E-state index contributed by atoms with van der Waals surface area (Å²) in [5.41, 5.74) is 0. The van der Waals surface area contributed by atoms with Crippen LogP contribution >= 0.6 is 0 Å². The van der Waals surface area contributed by atoms with Crippen molar-refractivity contribution < 1.29 is 23.1 Å². The normalized spacial score (nSPS) is 29.0. The molecule has 0 aliphatic carbocycles. The highest BCUT2D eigenvalue weighted by Gasteiger charge is 2.35. The van der Waals surface area contributed by atoms with E-state index < -0.39 is 28.0 Å². The van der Waals surface area contributed by atoms with Crippen molar-refractivity contribution in [3.8, 4) is 0 Å². The van der Waals surface area contributed by atoms with Crippen LogP contribution in [0.15, 0.2) is 0 Å². The van der Waals surface area contributed by atoms with E-state index in [1.807, 2.05) is 0 Å². The molecule has 0 radical (unpaired) electrons. The molecule has 0 saturated carbocycles. The third-order valence-corrected chi connectivity index (χ3v) is 2.49. The third-order valence-electron chi connectivity index (χ3n) is 1.76. The van der Waals surface area contributed by atoms with Gasteiger partial charge < -0.3 is 9.84 Å². The summed E-state index contributed by atoms with van der Waals surface area (Å²) in [4.78, 5) is 10.6. The zero-order valence-corrected chi connectivity index (χ0v) is 7.87. The number of hydrogen-bond donors (Lipinski definition) is 2. The van der Waals surface area contributed by atoms with Crippen molar-refractivity contribution in [3.63, 3.8) is 0 Å². The van der Waals surface area contributed by atoms with Gasteiger partial charge in [-0.2, -0.15) is 0 Å². The predicted molar refractivity (Wildman–Crippen MR) is 43.7 cm³/mol. The Bertz CT molecular complexity index is 298. The van der Waals surface area contributed by atoms with Crippen LogP contribution in [0.2, 0.25) is 0 Å². The Morgan fingerprint density at radius 1 is 1.54 bits per heavy atom. The molecule has 0 bridgehead atoms. The number of sulfonamides is 1. The molecule has 0 aromatic carbocycles. The van der Waals surface area contributed by atoms with Crippen molar-refractivity contribution >= 4 is 16.0 Å². The lowest BCUT2D eigenvalue weighted by atomic mass is 10.1. The van der Waals surface area contributed by atoms with E-state index in [-0.39, 0.29) is 13.2 Å². The highest BCUT2D eigenvalue weighted by molar-refractivity contribution is 7.88. The molecule has 1 aliphatic heterocycles. The highest BCUT2D eigenvalue weighted by Crippen LogP contribution is 2.14. The smallest absolute Gasteiger partial charge is 0.310 e. The molecule has 13 heavy (non-hydrogen) atoms. The minimum Gasteiger partial charge on any atom is -0.481 e. The maximum absolute atomic E-state index is 10.8. The van der Waals surface area contributed by atoms with Gasteiger partial charge in [0.2, 0.25) is 10.0 Å². The second-order valence-corrected chi connectivity index (χ2v) is 4.76. The molecule has 1 saturated heterocycles. The van der Waals surface area contributed by atoms with E-state index in [1.165, 1.54) is 0 Å². The Hall–Kier alpha value is -0.660. The van der Waals surface area contributed by atoms with Crippen LogP contribution in [0.3, 0.4) is 0 Å². The first-order valence-electron chi connectivity index (χ1n) is 3.68. The summed E-state index contributed by atoms with van der Waals surface area (Å²) in [5, 5.41) is 8.67. The third kappa shape index (κ3) is 2.94. The first-order chi connectivity index (χ1) is 5.90. The van der Waals surface area contributed by atoms with E-state index >= 15 is 0 Å². The van der Waals surface area contributed by atoms with Crippen molar-refractivity contribution in [2.24, 2.45) is 5.92 Å². The summed E-state index contributed by atoms with van der Waals surface area (Å²) < 4.78 is 28.7. The van der Waals surface area contributed by atoms with Gasteiger partial charge in [0.1, 0.15) is 0 Å². The molecular formula is C6H11NO5S. The second kappa shape index (κ2) is 3.60. The minimum absolute atomic E-state index is 0.0581. The summed E-state index contributed by atoms with van der Waals surface area (Å²) in [6, 6.07) is -0.646. The number of carbonyl (C=O) groups is 1. The zero-order valence-electron chi connectivity index (χ0n) is 7.06. The van der Waals surface area contributed by atoms with Gasteiger partial charge in [-0.1, -0.05) is 0 Å². The summed E-state index contributed by atoms with van der Waals surface area (Å²) in [7, 11) is -3.37. The van der Waals surface area contributed by atoms with Crippen molar-refractivity contribution in [1.29, 1.82) is 0 Å². The fraction of sp³-hybridized carbons (Fsp3) is 0.833. The first kappa shape index (κ1) is 10.4. The quantitative estimate of drug-likeness (QED) is 0.598. The average Bonchev–Trinajstić information content (AvgIpc) is 2.31. The Labute approximate surface area is 75.9 Å². The topological polar surface area (TPSA) is 92.7 Å². The Balaban J connectivity index is 2.64. The molecule has 1 aliphatic rings. The van der Waals surface area contributed by atoms with Crippen LogP contribution in [0.1, 0.15) is 0 Å².